The Morgan fingerprint density at radius 2 is 2.19 bits per heavy atom. The molecule has 3 rings (SSSR count). The molecule has 0 aliphatic carbocycles. The van der Waals surface area contributed by atoms with Crippen molar-refractivity contribution in [1.29, 1.82) is 0 Å². The lowest BCUT2D eigenvalue weighted by atomic mass is 10.1. The lowest BCUT2D eigenvalue weighted by Gasteiger charge is -2.08. The van der Waals surface area contributed by atoms with Crippen molar-refractivity contribution < 1.29 is 13.2 Å². The van der Waals surface area contributed by atoms with Crippen LogP contribution in [0.25, 0.3) is 0 Å². The van der Waals surface area contributed by atoms with Crippen molar-refractivity contribution in [2.45, 2.75) is 19.9 Å². The number of aryl methyl sites for hydroxylation is 1. The molecule has 1 fully saturated rings. The first-order chi connectivity index (χ1) is 12.8. The minimum absolute atomic E-state index is 0.165. The second-order valence-electron chi connectivity index (χ2n) is 6.59. The molecule has 27 heavy (non-hydrogen) atoms. The zero-order valence-corrected chi connectivity index (χ0v) is 17.2. The van der Waals surface area contributed by atoms with Crippen LogP contribution < -0.4 is 16.0 Å². The molecule has 1 atom stereocenters. The van der Waals surface area contributed by atoms with Gasteiger partial charge in [-0.15, -0.1) is 11.3 Å². The van der Waals surface area contributed by atoms with Crippen molar-refractivity contribution >= 4 is 49.6 Å². The Bertz CT molecular complexity index is 930. The number of thiazole rings is 1. The Morgan fingerprint density at radius 1 is 1.37 bits per heavy atom. The minimum Gasteiger partial charge on any atom is -0.311 e. The van der Waals surface area contributed by atoms with Crippen molar-refractivity contribution in [2.24, 2.45) is 5.92 Å². The van der Waals surface area contributed by atoms with E-state index in [2.05, 4.69) is 20.9 Å². The highest BCUT2D eigenvalue weighted by molar-refractivity contribution is 7.91. The summed E-state index contributed by atoms with van der Waals surface area (Å²) in [5.41, 5.74) is 2.34. The summed E-state index contributed by atoms with van der Waals surface area (Å²) in [7, 11) is -2.85. The number of halogens is 1. The zero-order chi connectivity index (χ0) is 19.4. The van der Waals surface area contributed by atoms with Gasteiger partial charge in [0.25, 0.3) is 0 Å². The summed E-state index contributed by atoms with van der Waals surface area (Å²) < 4.78 is 22.9. The van der Waals surface area contributed by atoms with Crippen LogP contribution in [0, 0.1) is 12.8 Å². The van der Waals surface area contributed by atoms with Crippen LogP contribution in [-0.2, 0) is 16.4 Å². The molecule has 2 amide bonds. The van der Waals surface area contributed by atoms with Gasteiger partial charge in [0, 0.05) is 22.6 Å². The number of hydrogen-bond acceptors (Lipinski definition) is 6. The van der Waals surface area contributed by atoms with E-state index < -0.39 is 9.84 Å². The summed E-state index contributed by atoms with van der Waals surface area (Å²) in [6.07, 6.45) is 0.711. The van der Waals surface area contributed by atoms with Gasteiger partial charge in [0.1, 0.15) is 0 Å². The van der Waals surface area contributed by atoms with E-state index in [9.17, 15) is 13.2 Å². The molecule has 2 heterocycles. The van der Waals surface area contributed by atoms with Crippen LogP contribution in [0.3, 0.4) is 0 Å². The number of nitrogens with zero attached hydrogens (tertiary/aromatic N) is 1. The number of sulfone groups is 1. The topological polar surface area (TPSA) is 100 Å². The highest BCUT2D eigenvalue weighted by Crippen LogP contribution is 2.21. The number of rotatable bonds is 6. The largest absolute Gasteiger partial charge is 0.325 e. The zero-order valence-electron chi connectivity index (χ0n) is 14.8. The number of anilines is 2. The summed E-state index contributed by atoms with van der Waals surface area (Å²) in [6.45, 7) is 3.07. The van der Waals surface area contributed by atoms with Gasteiger partial charge in [-0.1, -0.05) is 17.7 Å². The molecule has 3 N–H and O–H groups in total. The second kappa shape index (κ2) is 8.55. The first-order valence-corrected chi connectivity index (χ1v) is 11.6. The second-order valence-corrected chi connectivity index (χ2v) is 10.1. The normalized spacial score (nSPS) is 18.4. The van der Waals surface area contributed by atoms with Gasteiger partial charge in [0.2, 0.25) is 0 Å². The van der Waals surface area contributed by atoms with Gasteiger partial charge in [-0.25, -0.2) is 18.2 Å². The van der Waals surface area contributed by atoms with Gasteiger partial charge in [0.15, 0.2) is 15.0 Å². The first kappa shape index (κ1) is 20.1. The van der Waals surface area contributed by atoms with E-state index in [0.717, 1.165) is 11.3 Å². The molecule has 1 aromatic carbocycles. The number of hydrogen-bond donors (Lipinski definition) is 3. The van der Waals surface area contributed by atoms with Crippen molar-refractivity contribution in [3.63, 3.8) is 0 Å². The Kier molecular flexibility index (Phi) is 6.36. The minimum atomic E-state index is -2.85. The SMILES string of the molecule is Cc1ccc(NC(=O)Nc2nc(CNCC3CCS(=O)(=O)C3)cs2)cc1Cl. The van der Waals surface area contributed by atoms with Gasteiger partial charge >= 0.3 is 6.03 Å². The molecule has 0 spiro atoms. The molecule has 1 unspecified atom stereocenters. The fourth-order valence-corrected chi connectivity index (χ4v) is 5.56. The predicted molar refractivity (Wildman–Crippen MR) is 109 cm³/mol. The summed E-state index contributed by atoms with van der Waals surface area (Å²) in [6, 6.07) is 4.92. The number of nitrogens with one attached hydrogen (secondary N) is 3. The summed E-state index contributed by atoms with van der Waals surface area (Å²) in [5.74, 6) is 0.705. The fourth-order valence-electron chi connectivity index (χ4n) is 2.81. The molecule has 1 aromatic heterocycles. The number of urea groups is 1. The molecule has 2 aromatic rings. The third kappa shape index (κ3) is 5.90. The van der Waals surface area contributed by atoms with E-state index >= 15 is 0 Å². The average molecular weight is 429 g/mol. The number of carbonyl (C=O) groups is 1. The lowest BCUT2D eigenvalue weighted by molar-refractivity contribution is 0.262. The standard InChI is InChI=1S/C17H21ClN4O3S2/c1-11-2-3-13(6-15(11)18)20-16(23)22-17-21-14(9-26-17)8-19-7-12-4-5-27(24,25)10-12/h2-3,6,9,12,19H,4-5,7-8,10H2,1H3,(H2,20,21,22,23). The molecule has 1 aliphatic heterocycles. The predicted octanol–water partition coefficient (Wildman–Crippen LogP) is 3.27. The van der Waals surface area contributed by atoms with Crippen LogP contribution >= 0.6 is 22.9 Å². The third-order valence-electron chi connectivity index (χ3n) is 4.27. The van der Waals surface area contributed by atoms with Gasteiger partial charge in [-0.2, -0.15) is 0 Å². The number of carbonyl (C=O) groups excluding carboxylic acids is 1. The van der Waals surface area contributed by atoms with E-state index in [1.165, 1.54) is 11.3 Å². The van der Waals surface area contributed by atoms with E-state index in [1.54, 1.807) is 12.1 Å². The van der Waals surface area contributed by atoms with Crippen LogP contribution in [0.2, 0.25) is 5.02 Å². The smallest absolute Gasteiger partial charge is 0.311 e. The highest BCUT2D eigenvalue weighted by Gasteiger charge is 2.27. The number of amides is 2. The van der Waals surface area contributed by atoms with E-state index in [-0.39, 0.29) is 23.5 Å². The van der Waals surface area contributed by atoms with Crippen LogP contribution in [0.4, 0.5) is 15.6 Å². The maximum Gasteiger partial charge on any atom is 0.325 e. The summed E-state index contributed by atoms with van der Waals surface area (Å²) in [4.78, 5) is 16.4. The Morgan fingerprint density at radius 3 is 2.89 bits per heavy atom. The molecule has 0 bridgehead atoms. The molecule has 0 saturated carbocycles. The van der Waals surface area contributed by atoms with Gasteiger partial charge in [-0.3, -0.25) is 5.32 Å². The molecular weight excluding hydrogens is 408 g/mol. The van der Waals surface area contributed by atoms with Crippen molar-refractivity contribution in [2.75, 3.05) is 28.7 Å². The van der Waals surface area contributed by atoms with Crippen molar-refractivity contribution in [3.8, 4) is 0 Å². The number of benzene rings is 1. The molecule has 1 aliphatic rings. The van der Waals surface area contributed by atoms with E-state index in [0.29, 0.717) is 35.4 Å². The molecule has 10 heteroatoms. The third-order valence-corrected chi connectivity index (χ3v) is 7.32. The van der Waals surface area contributed by atoms with E-state index in [1.807, 2.05) is 18.4 Å². The summed E-state index contributed by atoms with van der Waals surface area (Å²) >= 11 is 7.38. The molecule has 7 nitrogen and oxygen atoms in total. The summed E-state index contributed by atoms with van der Waals surface area (Å²) in [5, 5.41) is 11.6. The highest BCUT2D eigenvalue weighted by atomic mass is 35.5. The average Bonchev–Trinajstić information content (AvgIpc) is 3.17. The fraction of sp³-hybridized carbons (Fsp3) is 0.412. The first-order valence-electron chi connectivity index (χ1n) is 8.50. The van der Waals surface area contributed by atoms with Crippen LogP contribution in [0.5, 0.6) is 0 Å². The van der Waals surface area contributed by atoms with Crippen LogP contribution in [-0.4, -0.2) is 37.5 Å². The van der Waals surface area contributed by atoms with E-state index in [4.69, 9.17) is 11.6 Å². The number of aromatic nitrogens is 1. The van der Waals surface area contributed by atoms with Crippen LogP contribution in [0.15, 0.2) is 23.6 Å². The monoisotopic (exact) mass is 428 g/mol. The van der Waals surface area contributed by atoms with Gasteiger partial charge < -0.3 is 10.6 Å². The molecule has 146 valence electrons. The quantitative estimate of drug-likeness (QED) is 0.655. The van der Waals surface area contributed by atoms with Crippen LogP contribution in [0.1, 0.15) is 17.7 Å². The lowest BCUT2D eigenvalue weighted by Crippen LogP contribution is -2.23. The maximum absolute atomic E-state index is 12.1. The Hall–Kier alpha value is -1.68. The van der Waals surface area contributed by atoms with Crippen molar-refractivity contribution in [3.05, 3.63) is 39.9 Å². The maximum atomic E-state index is 12.1. The van der Waals surface area contributed by atoms with Crippen molar-refractivity contribution in [1.82, 2.24) is 10.3 Å². The van der Waals surface area contributed by atoms with Gasteiger partial charge in [-0.05, 0) is 43.5 Å². The Labute approximate surface area is 167 Å². The molecule has 0 radical (unpaired) electrons. The van der Waals surface area contributed by atoms with Gasteiger partial charge in [0.05, 0.1) is 17.2 Å². The molecular formula is C17H21ClN4O3S2. The Balaban J connectivity index is 1.44. The molecule has 1 saturated heterocycles.